The first-order valence-electron chi connectivity index (χ1n) is 7.30. The van der Waals surface area contributed by atoms with Gasteiger partial charge in [0.05, 0.1) is 17.4 Å². The van der Waals surface area contributed by atoms with Crippen molar-refractivity contribution >= 4 is 28.2 Å². The van der Waals surface area contributed by atoms with Crippen LogP contribution in [0.4, 0.5) is 11.5 Å². The van der Waals surface area contributed by atoms with Gasteiger partial charge in [-0.2, -0.15) is 0 Å². The van der Waals surface area contributed by atoms with Crippen LogP contribution in [0, 0.1) is 0 Å². The van der Waals surface area contributed by atoms with Crippen LogP contribution in [-0.2, 0) is 6.42 Å². The first-order valence-corrected chi connectivity index (χ1v) is 7.30. The standard InChI is InChI=1S/C18H17N3O/c1-3-13-8-9-17(21-18(13)12(2)22)20-15-10-14-6-4-5-7-16(14)19-11-15/h4-11H,3H2,1-2H3,(H,20,21). The molecule has 1 N–H and O–H groups in total. The molecule has 0 amide bonds. The predicted molar refractivity (Wildman–Crippen MR) is 88.6 cm³/mol. The molecule has 3 rings (SSSR count). The Balaban J connectivity index is 1.94. The van der Waals surface area contributed by atoms with Gasteiger partial charge in [-0.05, 0) is 30.2 Å². The molecule has 0 fully saturated rings. The lowest BCUT2D eigenvalue weighted by Gasteiger charge is -2.10. The number of benzene rings is 1. The number of fused-ring (bicyclic) bond motifs is 1. The summed E-state index contributed by atoms with van der Waals surface area (Å²) in [7, 11) is 0. The molecule has 0 atom stereocenters. The number of Topliss-reactive ketones (excluding diaryl/α,β-unsaturated/α-hetero) is 1. The summed E-state index contributed by atoms with van der Waals surface area (Å²) in [5, 5.41) is 4.28. The zero-order valence-corrected chi connectivity index (χ0v) is 12.6. The fourth-order valence-electron chi connectivity index (χ4n) is 2.44. The largest absolute Gasteiger partial charge is 0.339 e. The zero-order chi connectivity index (χ0) is 15.5. The normalized spacial score (nSPS) is 10.6. The topological polar surface area (TPSA) is 54.9 Å². The number of carbonyl (C=O) groups is 1. The molecule has 2 aromatic heterocycles. The van der Waals surface area contributed by atoms with Gasteiger partial charge in [0.2, 0.25) is 0 Å². The summed E-state index contributed by atoms with van der Waals surface area (Å²) >= 11 is 0. The summed E-state index contributed by atoms with van der Waals surface area (Å²) in [5.41, 5.74) is 3.30. The van der Waals surface area contributed by atoms with Crippen molar-refractivity contribution < 1.29 is 4.79 Å². The molecule has 0 aliphatic heterocycles. The molecule has 0 aliphatic carbocycles. The monoisotopic (exact) mass is 291 g/mol. The average molecular weight is 291 g/mol. The highest BCUT2D eigenvalue weighted by Gasteiger charge is 2.09. The van der Waals surface area contributed by atoms with Crippen molar-refractivity contribution in [3.63, 3.8) is 0 Å². The second kappa shape index (κ2) is 5.93. The van der Waals surface area contributed by atoms with Gasteiger partial charge in [0, 0.05) is 12.3 Å². The lowest BCUT2D eigenvalue weighted by molar-refractivity contribution is 0.101. The van der Waals surface area contributed by atoms with Gasteiger partial charge in [0.15, 0.2) is 5.78 Å². The van der Waals surface area contributed by atoms with Crippen molar-refractivity contribution in [3.8, 4) is 0 Å². The summed E-state index contributed by atoms with van der Waals surface area (Å²) in [6.07, 6.45) is 2.56. The number of anilines is 2. The minimum absolute atomic E-state index is 0.0165. The van der Waals surface area contributed by atoms with E-state index in [1.165, 1.54) is 0 Å². The van der Waals surface area contributed by atoms with Crippen molar-refractivity contribution in [1.82, 2.24) is 9.97 Å². The first-order chi connectivity index (χ1) is 10.7. The molecule has 110 valence electrons. The van der Waals surface area contributed by atoms with Crippen LogP contribution in [0.5, 0.6) is 0 Å². The third-order valence-electron chi connectivity index (χ3n) is 3.56. The molecular formula is C18H17N3O. The Morgan fingerprint density at radius 2 is 2.00 bits per heavy atom. The van der Waals surface area contributed by atoms with Crippen LogP contribution in [-0.4, -0.2) is 15.8 Å². The van der Waals surface area contributed by atoms with Gasteiger partial charge in [0.1, 0.15) is 11.5 Å². The molecule has 0 radical (unpaired) electrons. The number of hydrogen-bond donors (Lipinski definition) is 1. The number of aromatic nitrogens is 2. The second-order valence-corrected chi connectivity index (χ2v) is 5.16. The van der Waals surface area contributed by atoms with Crippen molar-refractivity contribution in [2.45, 2.75) is 20.3 Å². The minimum atomic E-state index is -0.0165. The molecule has 0 saturated carbocycles. The molecule has 22 heavy (non-hydrogen) atoms. The highest BCUT2D eigenvalue weighted by Crippen LogP contribution is 2.20. The number of aryl methyl sites for hydroxylation is 1. The smallest absolute Gasteiger partial charge is 0.178 e. The highest BCUT2D eigenvalue weighted by atomic mass is 16.1. The Bertz CT molecular complexity index is 843. The molecule has 2 heterocycles. The van der Waals surface area contributed by atoms with E-state index < -0.39 is 0 Å². The van der Waals surface area contributed by atoms with Crippen LogP contribution in [0.2, 0.25) is 0 Å². The van der Waals surface area contributed by atoms with Crippen molar-refractivity contribution in [1.29, 1.82) is 0 Å². The number of nitrogens with zero attached hydrogens (tertiary/aromatic N) is 2. The van der Waals surface area contributed by atoms with Gasteiger partial charge in [0.25, 0.3) is 0 Å². The van der Waals surface area contributed by atoms with E-state index in [0.29, 0.717) is 11.5 Å². The lowest BCUT2D eigenvalue weighted by atomic mass is 10.1. The Morgan fingerprint density at radius 1 is 1.18 bits per heavy atom. The fourth-order valence-corrected chi connectivity index (χ4v) is 2.44. The Hall–Kier alpha value is -2.75. The van der Waals surface area contributed by atoms with Crippen molar-refractivity contribution in [2.24, 2.45) is 0 Å². The molecule has 0 spiro atoms. The zero-order valence-electron chi connectivity index (χ0n) is 12.6. The number of ketones is 1. The molecular weight excluding hydrogens is 274 g/mol. The number of rotatable bonds is 4. The molecule has 0 aliphatic rings. The number of pyridine rings is 2. The van der Waals surface area contributed by atoms with Crippen LogP contribution in [0.15, 0.2) is 48.7 Å². The van der Waals surface area contributed by atoms with Gasteiger partial charge in [-0.3, -0.25) is 9.78 Å². The first kappa shape index (κ1) is 14.2. The molecule has 4 heteroatoms. The lowest BCUT2D eigenvalue weighted by Crippen LogP contribution is -2.05. The van der Waals surface area contributed by atoms with Crippen LogP contribution >= 0.6 is 0 Å². The number of carbonyl (C=O) groups excluding carboxylic acids is 1. The molecule has 0 bridgehead atoms. The summed E-state index contributed by atoms with van der Waals surface area (Å²) in [6.45, 7) is 3.56. The summed E-state index contributed by atoms with van der Waals surface area (Å²) < 4.78 is 0. The minimum Gasteiger partial charge on any atom is -0.339 e. The van der Waals surface area contributed by atoms with E-state index in [0.717, 1.165) is 28.6 Å². The predicted octanol–water partition coefficient (Wildman–Crippen LogP) is 4.14. The maximum atomic E-state index is 11.7. The maximum absolute atomic E-state index is 11.7. The van der Waals surface area contributed by atoms with Gasteiger partial charge in [-0.25, -0.2) is 4.98 Å². The molecule has 1 aromatic carbocycles. The van der Waals surface area contributed by atoms with Gasteiger partial charge in [-0.1, -0.05) is 31.2 Å². The highest BCUT2D eigenvalue weighted by molar-refractivity contribution is 5.94. The third kappa shape index (κ3) is 2.81. The third-order valence-corrected chi connectivity index (χ3v) is 3.56. The number of nitrogens with one attached hydrogen (secondary N) is 1. The summed E-state index contributed by atoms with van der Waals surface area (Å²) in [6, 6.07) is 13.8. The Labute approximate surface area is 129 Å². The van der Waals surface area contributed by atoms with Gasteiger partial charge in [-0.15, -0.1) is 0 Å². The molecule has 3 aromatic rings. The maximum Gasteiger partial charge on any atom is 0.178 e. The van der Waals surface area contributed by atoms with E-state index in [1.54, 1.807) is 13.1 Å². The molecule has 0 saturated heterocycles. The van der Waals surface area contributed by atoms with Crippen LogP contribution in [0.25, 0.3) is 10.9 Å². The van der Waals surface area contributed by atoms with Crippen molar-refractivity contribution in [3.05, 3.63) is 59.9 Å². The Kier molecular flexibility index (Phi) is 3.83. The van der Waals surface area contributed by atoms with E-state index in [1.807, 2.05) is 49.4 Å². The van der Waals surface area contributed by atoms with E-state index in [4.69, 9.17) is 0 Å². The molecule has 4 nitrogen and oxygen atoms in total. The van der Waals surface area contributed by atoms with E-state index in [-0.39, 0.29) is 5.78 Å². The number of para-hydroxylation sites is 1. The SMILES string of the molecule is CCc1ccc(Nc2cnc3ccccc3c2)nc1C(C)=O. The van der Waals surface area contributed by atoms with Gasteiger partial charge >= 0.3 is 0 Å². The number of hydrogen-bond acceptors (Lipinski definition) is 4. The average Bonchev–Trinajstić information content (AvgIpc) is 2.54. The van der Waals surface area contributed by atoms with Crippen molar-refractivity contribution in [2.75, 3.05) is 5.32 Å². The second-order valence-electron chi connectivity index (χ2n) is 5.16. The van der Waals surface area contributed by atoms with Crippen LogP contribution in [0.1, 0.15) is 29.9 Å². The molecule has 0 unspecified atom stereocenters. The quantitative estimate of drug-likeness (QED) is 0.734. The van der Waals surface area contributed by atoms with Crippen LogP contribution < -0.4 is 5.32 Å². The summed E-state index contributed by atoms with van der Waals surface area (Å²) in [4.78, 5) is 20.5. The van der Waals surface area contributed by atoms with E-state index >= 15 is 0 Å². The summed E-state index contributed by atoms with van der Waals surface area (Å²) in [5.74, 6) is 0.636. The fraction of sp³-hybridized carbons (Fsp3) is 0.167. The Morgan fingerprint density at radius 3 is 2.77 bits per heavy atom. The van der Waals surface area contributed by atoms with Crippen LogP contribution in [0.3, 0.4) is 0 Å². The van der Waals surface area contributed by atoms with E-state index in [2.05, 4.69) is 15.3 Å². The van der Waals surface area contributed by atoms with E-state index in [9.17, 15) is 4.79 Å². The van der Waals surface area contributed by atoms with Gasteiger partial charge < -0.3 is 5.32 Å².